The molecular formula is C8H6IN5O2. The number of tetrazole rings is 1. The molecule has 0 fully saturated rings. The smallest absolute Gasteiger partial charge is 0.270 e. The predicted molar refractivity (Wildman–Crippen MR) is 63.0 cm³/mol. The van der Waals surface area contributed by atoms with Crippen molar-refractivity contribution in [3.63, 3.8) is 0 Å². The molecule has 0 aliphatic carbocycles. The molecule has 0 saturated heterocycles. The molecule has 2 rings (SSSR count). The first kappa shape index (κ1) is 10.8. The summed E-state index contributed by atoms with van der Waals surface area (Å²) in [5.74, 6) is -0.526. The molecule has 0 unspecified atom stereocenters. The second kappa shape index (κ2) is 4.43. The maximum absolute atomic E-state index is 11.7. The highest BCUT2D eigenvalue weighted by atomic mass is 127. The van der Waals surface area contributed by atoms with Gasteiger partial charge in [-0.3, -0.25) is 10.1 Å². The number of halogens is 1. The number of phenolic OH excluding ortho intramolecular Hbond substituents is 1. The molecule has 82 valence electrons. The second-order valence-corrected chi connectivity index (χ2v) is 4.10. The van der Waals surface area contributed by atoms with Gasteiger partial charge in [-0.25, -0.2) is 0 Å². The molecule has 0 bridgehead atoms. The van der Waals surface area contributed by atoms with Gasteiger partial charge in [0.15, 0.2) is 0 Å². The molecule has 1 aromatic carbocycles. The van der Waals surface area contributed by atoms with Gasteiger partial charge in [-0.1, -0.05) is 5.10 Å². The van der Waals surface area contributed by atoms with E-state index < -0.39 is 5.91 Å². The first-order chi connectivity index (χ1) is 7.66. The van der Waals surface area contributed by atoms with Crippen molar-refractivity contribution in [1.82, 2.24) is 20.6 Å². The first-order valence-corrected chi connectivity index (χ1v) is 5.28. The van der Waals surface area contributed by atoms with Gasteiger partial charge in [-0.15, -0.1) is 5.10 Å². The van der Waals surface area contributed by atoms with Crippen LogP contribution in [0.4, 0.5) is 5.95 Å². The number of aromatic hydroxyl groups is 1. The molecule has 1 amide bonds. The van der Waals surface area contributed by atoms with Crippen LogP contribution in [-0.4, -0.2) is 31.6 Å². The Morgan fingerprint density at radius 2 is 2.31 bits per heavy atom. The van der Waals surface area contributed by atoms with Crippen LogP contribution in [0.2, 0.25) is 0 Å². The lowest BCUT2D eigenvalue weighted by molar-refractivity contribution is 0.102. The third-order valence-electron chi connectivity index (χ3n) is 1.77. The van der Waals surface area contributed by atoms with Crippen molar-refractivity contribution < 1.29 is 9.90 Å². The normalized spacial score (nSPS) is 10.1. The van der Waals surface area contributed by atoms with Gasteiger partial charge in [0.2, 0.25) is 0 Å². The first-order valence-electron chi connectivity index (χ1n) is 4.20. The Morgan fingerprint density at radius 1 is 1.50 bits per heavy atom. The van der Waals surface area contributed by atoms with Crippen molar-refractivity contribution in [3.05, 3.63) is 27.3 Å². The van der Waals surface area contributed by atoms with Gasteiger partial charge >= 0.3 is 0 Å². The van der Waals surface area contributed by atoms with Crippen LogP contribution in [0.3, 0.4) is 0 Å². The standard InChI is InChI=1S/C8H6IN5O2/c9-4-1-2-6(15)5(3-4)7(16)10-8-11-13-14-12-8/h1-3,15H,(H2,10,11,12,13,14,16). The number of anilines is 1. The highest BCUT2D eigenvalue weighted by Crippen LogP contribution is 2.20. The largest absolute Gasteiger partial charge is 0.507 e. The number of hydrogen-bond acceptors (Lipinski definition) is 5. The molecule has 1 heterocycles. The lowest BCUT2D eigenvalue weighted by atomic mass is 10.2. The van der Waals surface area contributed by atoms with E-state index in [2.05, 4.69) is 25.9 Å². The molecule has 0 atom stereocenters. The van der Waals surface area contributed by atoms with E-state index in [4.69, 9.17) is 0 Å². The number of nitrogens with one attached hydrogen (secondary N) is 2. The van der Waals surface area contributed by atoms with E-state index in [1.165, 1.54) is 6.07 Å². The number of rotatable bonds is 2. The van der Waals surface area contributed by atoms with Crippen molar-refractivity contribution in [1.29, 1.82) is 0 Å². The number of carbonyl (C=O) groups excluding carboxylic acids is 1. The van der Waals surface area contributed by atoms with Crippen LogP contribution in [-0.2, 0) is 0 Å². The minimum Gasteiger partial charge on any atom is -0.507 e. The lowest BCUT2D eigenvalue weighted by Gasteiger charge is -2.03. The van der Waals surface area contributed by atoms with Crippen LogP contribution >= 0.6 is 22.6 Å². The predicted octanol–water partition coefficient (Wildman–Crippen LogP) is 0.762. The Kier molecular flexibility index (Phi) is 2.99. The van der Waals surface area contributed by atoms with Gasteiger partial charge in [0.05, 0.1) is 5.56 Å². The summed E-state index contributed by atoms with van der Waals surface area (Å²) in [6.45, 7) is 0. The van der Waals surface area contributed by atoms with E-state index >= 15 is 0 Å². The summed E-state index contributed by atoms with van der Waals surface area (Å²) in [6.07, 6.45) is 0. The second-order valence-electron chi connectivity index (χ2n) is 2.85. The number of benzene rings is 1. The van der Waals surface area contributed by atoms with Crippen molar-refractivity contribution in [2.24, 2.45) is 0 Å². The van der Waals surface area contributed by atoms with E-state index in [9.17, 15) is 9.90 Å². The molecule has 0 radical (unpaired) electrons. The van der Waals surface area contributed by atoms with E-state index in [0.29, 0.717) is 0 Å². The fourth-order valence-electron chi connectivity index (χ4n) is 1.07. The molecule has 16 heavy (non-hydrogen) atoms. The van der Waals surface area contributed by atoms with Crippen molar-refractivity contribution in [2.45, 2.75) is 0 Å². The van der Waals surface area contributed by atoms with Crippen LogP contribution in [0.25, 0.3) is 0 Å². The van der Waals surface area contributed by atoms with Gasteiger partial charge in [0, 0.05) is 3.57 Å². The summed E-state index contributed by atoms with van der Waals surface area (Å²) < 4.78 is 0.841. The highest BCUT2D eigenvalue weighted by molar-refractivity contribution is 14.1. The average molecular weight is 331 g/mol. The Bertz CT molecular complexity index is 513. The third-order valence-corrected chi connectivity index (χ3v) is 2.44. The van der Waals surface area contributed by atoms with Crippen LogP contribution in [0.1, 0.15) is 10.4 Å². The molecule has 1 aromatic heterocycles. The number of hydrogen-bond donors (Lipinski definition) is 3. The molecule has 0 aliphatic rings. The van der Waals surface area contributed by atoms with Gasteiger partial charge in [-0.05, 0) is 46.0 Å². The third kappa shape index (κ3) is 2.27. The number of nitrogens with zero attached hydrogens (tertiary/aromatic N) is 3. The number of amides is 1. The maximum Gasteiger partial charge on any atom is 0.270 e. The fraction of sp³-hybridized carbons (Fsp3) is 0. The monoisotopic (exact) mass is 331 g/mol. The molecule has 2 aromatic rings. The van der Waals surface area contributed by atoms with Gasteiger partial charge < -0.3 is 5.11 Å². The average Bonchev–Trinajstić information content (AvgIpc) is 2.74. The fourth-order valence-corrected chi connectivity index (χ4v) is 1.56. The lowest BCUT2D eigenvalue weighted by Crippen LogP contribution is -2.13. The van der Waals surface area contributed by atoms with E-state index in [-0.39, 0.29) is 17.3 Å². The van der Waals surface area contributed by atoms with E-state index in [1.54, 1.807) is 12.1 Å². The molecule has 3 N–H and O–H groups in total. The minimum atomic E-state index is -0.489. The molecule has 0 saturated carbocycles. The van der Waals surface area contributed by atoms with Gasteiger partial charge in [0.25, 0.3) is 11.9 Å². The summed E-state index contributed by atoms with van der Waals surface area (Å²) >= 11 is 2.04. The van der Waals surface area contributed by atoms with E-state index in [1.807, 2.05) is 22.6 Å². The van der Waals surface area contributed by atoms with Crippen LogP contribution in [0.5, 0.6) is 5.75 Å². The summed E-state index contributed by atoms with van der Waals surface area (Å²) in [5.41, 5.74) is 0.164. The van der Waals surface area contributed by atoms with E-state index in [0.717, 1.165) is 3.57 Å². The van der Waals surface area contributed by atoms with Crippen molar-refractivity contribution in [2.75, 3.05) is 5.32 Å². The zero-order valence-corrected chi connectivity index (χ0v) is 9.96. The minimum absolute atomic E-state index is 0.0586. The summed E-state index contributed by atoms with van der Waals surface area (Å²) in [4.78, 5) is 11.7. The Morgan fingerprint density at radius 3 is 3.00 bits per heavy atom. The Hall–Kier alpha value is -1.71. The van der Waals surface area contributed by atoms with Gasteiger partial charge in [-0.2, -0.15) is 5.21 Å². The molecule has 7 nitrogen and oxygen atoms in total. The summed E-state index contributed by atoms with van der Waals surface area (Å²) in [5, 5.41) is 24.5. The van der Waals surface area contributed by atoms with Crippen LogP contribution in [0.15, 0.2) is 18.2 Å². The SMILES string of the molecule is O=C(Nc1nn[nH]n1)c1cc(I)ccc1O. The molecule has 8 heteroatoms. The van der Waals surface area contributed by atoms with Crippen LogP contribution in [0, 0.1) is 3.57 Å². The number of phenols is 1. The zero-order valence-electron chi connectivity index (χ0n) is 7.81. The Labute approximate surface area is 103 Å². The highest BCUT2D eigenvalue weighted by Gasteiger charge is 2.13. The Balaban J connectivity index is 2.24. The van der Waals surface area contributed by atoms with Crippen LogP contribution < -0.4 is 5.32 Å². The number of H-pyrrole nitrogens is 1. The topological polar surface area (TPSA) is 104 Å². The van der Waals surface area contributed by atoms with Gasteiger partial charge in [0.1, 0.15) is 5.75 Å². The molecular weight excluding hydrogens is 325 g/mol. The summed E-state index contributed by atoms with van der Waals surface area (Å²) in [6, 6.07) is 4.71. The van der Waals surface area contributed by atoms with Crippen molar-refractivity contribution >= 4 is 34.4 Å². The van der Waals surface area contributed by atoms with Crippen molar-refractivity contribution in [3.8, 4) is 5.75 Å². The summed E-state index contributed by atoms with van der Waals surface area (Å²) in [7, 11) is 0. The zero-order chi connectivity index (χ0) is 11.5. The molecule has 0 spiro atoms. The number of aromatic nitrogens is 4. The maximum atomic E-state index is 11.7. The molecule has 0 aliphatic heterocycles. The number of carbonyl (C=O) groups is 1. The quantitative estimate of drug-likeness (QED) is 0.705. The number of aromatic amines is 1.